The molecule has 0 aliphatic carbocycles. The molecule has 45 heavy (non-hydrogen) atoms. The Balaban J connectivity index is 1.33. The predicted octanol–water partition coefficient (Wildman–Crippen LogP) is 5.68. The van der Waals surface area contributed by atoms with Crippen LogP contribution in [0.1, 0.15) is 22.9 Å². The molecule has 1 atom stereocenters. The molecule has 9 nitrogen and oxygen atoms in total. The van der Waals surface area contributed by atoms with Gasteiger partial charge in [0.2, 0.25) is 5.91 Å². The number of hydrogen-bond donors (Lipinski definition) is 2. The number of rotatable bonds is 13. The first-order valence-corrected chi connectivity index (χ1v) is 15.5. The van der Waals surface area contributed by atoms with Crippen LogP contribution in [0, 0.1) is 5.82 Å². The van der Waals surface area contributed by atoms with E-state index in [0.29, 0.717) is 11.3 Å². The van der Waals surface area contributed by atoms with Crippen molar-refractivity contribution in [3.8, 4) is 5.75 Å². The van der Waals surface area contributed by atoms with E-state index in [-0.39, 0.29) is 29.4 Å². The third-order valence-electron chi connectivity index (χ3n) is 6.80. The molecule has 0 fully saturated rings. The van der Waals surface area contributed by atoms with Crippen LogP contribution in [0.2, 0.25) is 0 Å². The molecule has 0 bridgehead atoms. The summed E-state index contributed by atoms with van der Waals surface area (Å²) in [7, 11) is -3.95. The Kier molecular flexibility index (Phi) is 9.90. The molecule has 0 radical (unpaired) electrons. The van der Waals surface area contributed by atoms with Crippen molar-refractivity contribution in [2.24, 2.45) is 0 Å². The van der Waals surface area contributed by atoms with Crippen LogP contribution in [0.3, 0.4) is 0 Å². The molecule has 0 aliphatic rings. The van der Waals surface area contributed by atoms with E-state index in [0.717, 1.165) is 17.7 Å². The lowest BCUT2D eigenvalue weighted by atomic mass is 10.0. The molecule has 1 aromatic heterocycles. The molecule has 1 heterocycles. The fraction of sp³-hybridized carbons (Fsp3) is 0.118. The average Bonchev–Trinajstić information content (AvgIpc) is 3.58. The van der Waals surface area contributed by atoms with Crippen LogP contribution in [-0.4, -0.2) is 31.7 Å². The number of amides is 2. The number of ether oxygens (including phenoxy) is 1. The fourth-order valence-electron chi connectivity index (χ4n) is 4.57. The Morgan fingerprint density at radius 2 is 1.49 bits per heavy atom. The molecule has 1 unspecified atom stereocenters. The minimum atomic E-state index is -3.95. The summed E-state index contributed by atoms with van der Waals surface area (Å²) in [5, 5.41) is 2.87. The smallest absolute Gasteiger partial charge is 0.261 e. The molecule has 11 heteroatoms. The highest BCUT2D eigenvalue weighted by atomic mass is 32.2. The predicted molar refractivity (Wildman–Crippen MR) is 166 cm³/mol. The molecule has 2 N–H and O–H groups in total. The highest BCUT2D eigenvalue weighted by molar-refractivity contribution is 7.92. The minimum absolute atomic E-state index is 0.0476. The van der Waals surface area contributed by atoms with E-state index in [2.05, 4.69) is 10.0 Å². The SMILES string of the molecule is O=C(NCc1ccco1)C(c1ccccc1)N(Cc1ccccc1)C(=O)COc1ccc(S(=O)(=O)Nc2ccc(F)cc2)cc1. The molecule has 0 saturated carbocycles. The summed E-state index contributed by atoms with van der Waals surface area (Å²) in [6.07, 6.45) is 1.52. The molecule has 0 aliphatic heterocycles. The van der Waals surface area contributed by atoms with Crippen LogP contribution in [0.5, 0.6) is 5.75 Å². The van der Waals surface area contributed by atoms with Gasteiger partial charge in [-0.2, -0.15) is 0 Å². The molecule has 2 amide bonds. The van der Waals surface area contributed by atoms with Gasteiger partial charge in [0.05, 0.1) is 17.7 Å². The monoisotopic (exact) mass is 627 g/mol. The number of anilines is 1. The van der Waals surface area contributed by atoms with E-state index < -0.39 is 40.3 Å². The van der Waals surface area contributed by atoms with Crippen LogP contribution < -0.4 is 14.8 Å². The average molecular weight is 628 g/mol. The van der Waals surface area contributed by atoms with Gasteiger partial charge in [0, 0.05) is 12.2 Å². The van der Waals surface area contributed by atoms with E-state index in [4.69, 9.17) is 9.15 Å². The lowest BCUT2D eigenvalue weighted by Crippen LogP contribution is -2.45. The number of hydrogen-bond acceptors (Lipinski definition) is 6. The van der Waals surface area contributed by atoms with Crippen LogP contribution in [0.25, 0.3) is 0 Å². The highest BCUT2D eigenvalue weighted by Gasteiger charge is 2.32. The van der Waals surface area contributed by atoms with Crippen molar-refractivity contribution in [3.63, 3.8) is 0 Å². The zero-order valence-electron chi connectivity index (χ0n) is 24.0. The standard InChI is InChI=1S/C34H30FN3O6S/c35-27-13-15-28(16-14-27)37-45(41,42)31-19-17-29(18-20-31)44-24-32(39)38(23-25-8-3-1-4-9-25)33(26-10-5-2-6-11-26)34(40)36-22-30-12-7-21-43-30/h1-21,33,37H,22-24H2,(H,36,40). The van der Waals surface area contributed by atoms with Crippen LogP contribution in [0.4, 0.5) is 10.1 Å². The summed E-state index contributed by atoms with van der Waals surface area (Å²) in [6.45, 7) is -0.144. The Bertz CT molecular complexity index is 1800. The van der Waals surface area contributed by atoms with Gasteiger partial charge in [-0.05, 0) is 71.8 Å². The van der Waals surface area contributed by atoms with Gasteiger partial charge in [0.25, 0.3) is 15.9 Å². The second-order valence-corrected chi connectivity index (χ2v) is 11.7. The van der Waals surface area contributed by atoms with Crippen LogP contribution in [-0.2, 0) is 32.7 Å². The second kappa shape index (κ2) is 14.4. The number of sulfonamides is 1. The number of carbonyl (C=O) groups is 2. The second-order valence-electron chi connectivity index (χ2n) is 9.99. The summed E-state index contributed by atoms with van der Waals surface area (Å²) in [6, 6.07) is 31.2. The molecule has 5 aromatic rings. The lowest BCUT2D eigenvalue weighted by Gasteiger charge is -2.31. The number of halogens is 1. The number of furan rings is 1. The van der Waals surface area contributed by atoms with E-state index in [1.165, 1.54) is 47.6 Å². The van der Waals surface area contributed by atoms with Gasteiger partial charge < -0.3 is 19.4 Å². The topological polar surface area (TPSA) is 118 Å². The maximum absolute atomic E-state index is 13.8. The Labute approximate surface area is 260 Å². The van der Waals surface area contributed by atoms with Gasteiger partial charge in [0.15, 0.2) is 6.61 Å². The van der Waals surface area contributed by atoms with Crippen molar-refractivity contribution in [2.75, 3.05) is 11.3 Å². The van der Waals surface area contributed by atoms with E-state index in [1.807, 2.05) is 36.4 Å². The first-order valence-electron chi connectivity index (χ1n) is 14.0. The fourth-order valence-corrected chi connectivity index (χ4v) is 5.63. The Morgan fingerprint density at radius 3 is 2.13 bits per heavy atom. The lowest BCUT2D eigenvalue weighted by molar-refractivity contribution is -0.143. The molecule has 0 spiro atoms. The molecule has 230 valence electrons. The molecule has 4 aromatic carbocycles. The third-order valence-corrected chi connectivity index (χ3v) is 8.20. The zero-order valence-corrected chi connectivity index (χ0v) is 24.8. The minimum Gasteiger partial charge on any atom is -0.484 e. The molecular formula is C34H30FN3O6S. The third kappa shape index (κ3) is 8.36. The van der Waals surface area contributed by atoms with E-state index in [1.54, 1.807) is 36.4 Å². The van der Waals surface area contributed by atoms with Crippen molar-refractivity contribution in [3.05, 3.63) is 150 Å². The maximum Gasteiger partial charge on any atom is 0.261 e. The normalized spacial score (nSPS) is 11.8. The quantitative estimate of drug-likeness (QED) is 0.173. The van der Waals surface area contributed by atoms with Gasteiger partial charge in [-0.3, -0.25) is 14.3 Å². The van der Waals surface area contributed by atoms with Gasteiger partial charge in [-0.15, -0.1) is 0 Å². The zero-order chi connectivity index (χ0) is 31.6. The molecular weight excluding hydrogens is 597 g/mol. The highest BCUT2D eigenvalue weighted by Crippen LogP contribution is 2.25. The number of benzene rings is 4. The Morgan fingerprint density at radius 1 is 0.822 bits per heavy atom. The summed E-state index contributed by atoms with van der Waals surface area (Å²) < 4.78 is 52.3. The first-order chi connectivity index (χ1) is 21.8. The van der Waals surface area contributed by atoms with Gasteiger partial charge in [-0.25, -0.2) is 12.8 Å². The van der Waals surface area contributed by atoms with E-state index >= 15 is 0 Å². The maximum atomic E-state index is 13.8. The number of nitrogens with one attached hydrogen (secondary N) is 2. The molecule has 0 saturated heterocycles. The summed E-state index contributed by atoms with van der Waals surface area (Å²) in [5.41, 5.74) is 1.64. The van der Waals surface area contributed by atoms with Gasteiger partial charge >= 0.3 is 0 Å². The first kappa shape index (κ1) is 31.0. The van der Waals surface area contributed by atoms with Crippen molar-refractivity contribution in [1.82, 2.24) is 10.2 Å². The van der Waals surface area contributed by atoms with Gasteiger partial charge in [0.1, 0.15) is 23.4 Å². The Hall–Kier alpha value is -5.42. The van der Waals surface area contributed by atoms with Crippen molar-refractivity contribution >= 4 is 27.5 Å². The summed E-state index contributed by atoms with van der Waals surface area (Å²) in [5.74, 6) is -0.526. The van der Waals surface area contributed by atoms with E-state index in [9.17, 15) is 22.4 Å². The number of nitrogens with zero attached hydrogens (tertiary/aromatic N) is 1. The van der Waals surface area contributed by atoms with Crippen molar-refractivity contribution in [2.45, 2.75) is 24.0 Å². The van der Waals surface area contributed by atoms with Crippen LogP contribution >= 0.6 is 0 Å². The van der Waals surface area contributed by atoms with Crippen molar-refractivity contribution in [1.29, 1.82) is 0 Å². The van der Waals surface area contributed by atoms with Crippen LogP contribution in [0.15, 0.2) is 137 Å². The largest absolute Gasteiger partial charge is 0.484 e. The summed E-state index contributed by atoms with van der Waals surface area (Å²) in [4.78, 5) is 28.9. The number of carbonyl (C=O) groups excluding carboxylic acids is 2. The van der Waals surface area contributed by atoms with Crippen molar-refractivity contribution < 1.29 is 31.6 Å². The summed E-state index contributed by atoms with van der Waals surface area (Å²) >= 11 is 0. The molecule has 5 rings (SSSR count). The van der Waals surface area contributed by atoms with Gasteiger partial charge in [-0.1, -0.05) is 60.7 Å².